The first-order valence-corrected chi connectivity index (χ1v) is 10.8. The topological polar surface area (TPSA) is 42.9 Å². The molecule has 1 aromatic carbocycles. The Hall–Kier alpha value is -1.02. The highest BCUT2D eigenvalue weighted by Crippen LogP contribution is 2.21. The Labute approximate surface area is 188 Å². The minimum Gasteiger partial charge on any atom is -0.369 e. The number of rotatable bonds is 6. The number of piperidine rings is 1. The van der Waals surface area contributed by atoms with E-state index >= 15 is 0 Å². The quantitative estimate of drug-likeness (QED) is 0.358. The molecule has 5 nitrogen and oxygen atoms in total. The molecule has 0 bridgehead atoms. The molecule has 2 N–H and O–H groups in total. The van der Waals surface area contributed by atoms with Crippen LogP contribution < -0.4 is 15.5 Å². The van der Waals surface area contributed by atoms with Gasteiger partial charge in [-0.1, -0.05) is 24.6 Å². The zero-order valence-electron chi connectivity index (χ0n) is 17.8. The van der Waals surface area contributed by atoms with Gasteiger partial charge in [-0.05, 0) is 64.3 Å². The lowest BCUT2D eigenvalue weighted by atomic mass is 9.98. The van der Waals surface area contributed by atoms with E-state index in [-0.39, 0.29) is 24.0 Å². The van der Waals surface area contributed by atoms with E-state index in [4.69, 9.17) is 4.99 Å². The zero-order chi connectivity index (χ0) is 19.1. The molecule has 2 fully saturated rings. The van der Waals surface area contributed by atoms with E-state index in [1.54, 1.807) is 0 Å². The minimum absolute atomic E-state index is 0. The first kappa shape index (κ1) is 23.3. The van der Waals surface area contributed by atoms with Crippen LogP contribution in [0.2, 0.25) is 0 Å². The van der Waals surface area contributed by atoms with Gasteiger partial charge in [-0.3, -0.25) is 4.99 Å². The van der Waals surface area contributed by atoms with Crippen LogP contribution in [0.5, 0.6) is 0 Å². The van der Waals surface area contributed by atoms with Crippen molar-refractivity contribution >= 4 is 35.6 Å². The molecule has 2 saturated heterocycles. The van der Waals surface area contributed by atoms with Crippen molar-refractivity contribution in [3.05, 3.63) is 29.8 Å². The monoisotopic (exact) mass is 499 g/mol. The van der Waals surface area contributed by atoms with Crippen LogP contribution >= 0.6 is 24.0 Å². The molecule has 0 spiro atoms. The summed E-state index contributed by atoms with van der Waals surface area (Å²) in [6.45, 7) is 14.1. The molecule has 158 valence electrons. The van der Waals surface area contributed by atoms with Crippen LogP contribution in [0.15, 0.2) is 29.3 Å². The van der Waals surface area contributed by atoms with Crippen molar-refractivity contribution in [2.75, 3.05) is 50.7 Å². The van der Waals surface area contributed by atoms with E-state index in [1.165, 1.54) is 37.2 Å². The largest absolute Gasteiger partial charge is 0.369 e. The van der Waals surface area contributed by atoms with E-state index in [2.05, 4.69) is 65.5 Å². The number of nitrogens with one attached hydrogen (secondary N) is 2. The first-order valence-electron chi connectivity index (χ1n) is 10.8. The van der Waals surface area contributed by atoms with Gasteiger partial charge in [-0.2, -0.15) is 0 Å². The lowest BCUT2D eigenvalue weighted by molar-refractivity contribution is 0.186. The molecule has 2 aliphatic heterocycles. The molecule has 2 heterocycles. The lowest BCUT2D eigenvalue weighted by Crippen LogP contribution is -2.45. The SMILES string of the molecule is CCNC(=NCC1CCCN(CC)C1)NC1CCN(c2ccc(C)cc2)C1.I. The summed E-state index contributed by atoms with van der Waals surface area (Å²) in [5.74, 6) is 1.68. The van der Waals surface area contributed by atoms with E-state index < -0.39 is 0 Å². The van der Waals surface area contributed by atoms with Crippen molar-refractivity contribution < 1.29 is 0 Å². The molecule has 2 aliphatic rings. The van der Waals surface area contributed by atoms with Gasteiger partial charge in [0.15, 0.2) is 5.96 Å². The van der Waals surface area contributed by atoms with Crippen LogP contribution in [-0.4, -0.2) is 62.7 Å². The summed E-state index contributed by atoms with van der Waals surface area (Å²) in [6.07, 6.45) is 3.78. The Morgan fingerprint density at radius 1 is 1.11 bits per heavy atom. The van der Waals surface area contributed by atoms with Gasteiger partial charge in [-0.15, -0.1) is 24.0 Å². The summed E-state index contributed by atoms with van der Waals surface area (Å²) in [5, 5.41) is 7.12. The predicted molar refractivity (Wildman–Crippen MR) is 131 cm³/mol. The van der Waals surface area contributed by atoms with Gasteiger partial charge < -0.3 is 20.4 Å². The third-order valence-corrected chi connectivity index (χ3v) is 5.83. The van der Waals surface area contributed by atoms with E-state index in [0.29, 0.717) is 12.0 Å². The second kappa shape index (κ2) is 11.9. The number of hydrogen-bond acceptors (Lipinski definition) is 3. The standard InChI is InChI=1S/C22H37N5.HI/c1-4-23-22(24-15-19-7-6-13-26(5-2)16-19)25-20-12-14-27(17-20)21-10-8-18(3)9-11-21;/h8-11,19-20H,4-7,12-17H2,1-3H3,(H2,23,24,25);1H. The van der Waals surface area contributed by atoms with Gasteiger partial charge >= 0.3 is 0 Å². The summed E-state index contributed by atoms with van der Waals surface area (Å²) in [6, 6.07) is 9.33. The van der Waals surface area contributed by atoms with Crippen LogP contribution in [-0.2, 0) is 0 Å². The molecular weight excluding hydrogens is 461 g/mol. The first-order chi connectivity index (χ1) is 13.2. The number of aryl methyl sites for hydroxylation is 1. The predicted octanol–water partition coefficient (Wildman–Crippen LogP) is 3.48. The summed E-state index contributed by atoms with van der Waals surface area (Å²) in [7, 11) is 0. The lowest BCUT2D eigenvalue weighted by Gasteiger charge is -2.31. The second-order valence-electron chi connectivity index (χ2n) is 8.03. The van der Waals surface area contributed by atoms with Gasteiger partial charge in [0.25, 0.3) is 0 Å². The highest BCUT2D eigenvalue weighted by Gasteiger charge is 2.24. The number of benzene rings is 1. The average Bonchev–Trinajstić information content (AvgIpc) is 3.15. The molecule has 0 amide bonds. The van der Waals surface area contributed by atoms with Crippen LogP contribution in [0.3, 0.4) is 0 Å². The van der Waals surface area contributed by atoms with Gasteiger partial charge in [0.1, 0.15) is 0 Å². The molecule has 0 saturated carbocycles. The molecule has 28 heavy (non-hydrogen) atoms. The molecule has 0 aliphatic carbocycles. The molecule has 2 unspecified atom stereocenters. The van der Waals surface area contributed by atoms with Crippen LogP contribution in [0.4, 0.5) is 5.69 Å². The molecule has 0 radical (unpaired) electrons. The molecule has 2 atom stereocenters. The summed E-state index contributed by atoms with van der Waals surface area (Å²) in [4.78, 5) is 9.96. The van der Waals surface area contributed by atoms with Crippen molar-refractivity contribution in [2.24, 2.45) is 10.9 Å². The summed E-state index contributed by atoms with van der Waals surface area (Å²) >= 11 is 0. The van der Waals surface area contributed by atoms with Gasteiger partial charge in [0, 0.05) is 44.5 Å². The van der Waals surface area contributed by atoms with E-state index in [0.717, 1.165) is 45.1 Å². The highest BCUT2D eigenvalue weighted by molar-refractivity contribution is 14.0. The average molecular weight is 499 g/mol. The van der Waals surface area contributed by atoms with Crippen LogP contribution in [0.25, 0.3) is 0 Å². The number of hydrogen-bond donors (Lipinski definition) is 2. The number of halogens is 1. The Morgan fingerprint density at radius 3 is 2.61 bits per heavy atom. The molecule has 1 aromatic rings. The number of guanidine groups is 1. The Bertz CT molecular complexity index is 603. The normalized spacial score (nSPS) is 23.4. The molecular formula is C22H38IN5. The maximum atomic E-state index is 4.93. The van der Waals surface area contributed by atoms with Crippen molar-refractivity contribution in [2.45, 2.75) is 46.1 Å². The fourth-order valence-corrected chi connectivity index (χ4v) is 4.19. The highest BCUT2D eigenvalue weighted by atomic mass is 127. The zero-order valence-corrected chi connectivity index (χ0v) is 20.1. The second-order valence-corrected chi connectivity index (χ2v) is 8.03. The molecule has 6 heteroatoms. The third kappa shape index (κ3) is 6.79. The summed E-state index contributed by atoms with van der Waals surface area (Å²) < 4.78 is 0. The van der Waals surface area contributed by atoms with Crippen LogP contribution in [0.1, 0.15) is 38.7 Å². The number of nitrogens with zero attached hydrogens (tertiary/aromatic N) is 3. The number of anilines is 1. The number of likely N-dealkylation sites (tertiary alicyclic amines) is 1. The smallest absolute Gasteiger partial charge is 0.191 e. The Kier molecular flexibility index (Phi) is 9.85. The minimum atomic E-state index is 0. The Morgan fingerprint density at radius 2 is 1.89 bits per heavy atom. The number of aliphatic imine (C=N–C) groups is 1. The fourth-order valence-electron chi connectivity index (χ4n) is 4.19. The maximum absolute atomic E-state index is 4.93. The van der Waals surface area contributed by atoms with Gasteiger partial charge in [0.2, 0.25) is 0 Å². The van der Waals surface area contributed by atoms with E-state index in [9.17, 15) is 0 Å². The Balaban J connectivity index is 0.00000280. The maximum Gasteiger partial charge on any atom is 0.191 e. The van der Waals surface area contributed by atoms with E-state index in [1.807, 2.05) is 0 Å². The third-order valence-electron chi connectivity index (χ3n) is 5.83. The van der Waals surface area contributed by atoms with Gasteiger partial charge in [-0.25, -0.2) is 0 Å². The summed E-state index contributed by atoms with van der Waals surface area (Å²) in [5.41, 5.74) is 2.65. The fraction of sp³-hybridized carbons (Fsp3) is 0.682. The van der Waals surface area contributed by atoms with Gasteiger partial charge in [0.05, 0.1) is 0 Å². The van der Waals surface area contributed by atoms with Crippen molar-refractivity contribution in [1.29, 1.82) is 0 Å². The van der Waals surface area contributed by atoms with Crippen LogP contribution in [0, 0.1) is 12.8 Å². The van der Waals surface area contributed by atoms with Crippen molar-refractivity contribution in [3.8, 4) is 0 Å². The van der Waals surface area contributed by atoms with Crippen molar-refractivity contribution in [1.82, 2.24) is 15.5 Å². The molecule has 0 aromatic heterocycles. The van der Waals surface area contributed by atoms with Crippen molar-refractivity contribution in [3.63, 3.8) is 0 Å². The molecule has 3 rings (SSSR count).